The Kier molecular flexibility index (Phi) is 5.91. The fraction of sp³-hybridized carbons (Fsp3) is 0.556. The van der Waals surface area contributed by atoms with E-state index in [0.29, 0.717) is 35.7 Å². The highest BCUT2D eigenvalue weighted by Gasteiger charge is 2.31. The third kappa shape index (κ3) is 4.36. The first-order valence-corrected chi connectivity index (χ1v) is 9.77. The summed E-state index contributed by atoms with van der Waals surface area (Å²) in [6.07, 6.45) is 1.78. The van der Waals surface area contributed by atoms with Gasteiger partial charge in [0.15, 0.2) is 0 Å². The lowest BCUT2D eigenvalue weighted by atomic mass is 9.93. The van der Waals surface area contributed by atoms with Crippen LogP contribution in [-0.2, 0) is 20.7 Å². The van der Waals surface area contributed by atoms with Crippen LogP contribution in [0, 0.1) is 19.8 Å². The number of carboxylic acids is 1. The Morgan fingerprint density at radius 1 is 1.44 bits per heavy atom. The number of aromatic amines is 1. The summed E-state index contributed by atoms with van der Waals surface area (Å²) in [7, 11) is 0. The van der Waals surface area contributed by atoms with E-state index in [-0.39, 0.29) is 30.2 Å². The molecule has 2 aromatic rings. The number of hydrogen-bond acceptors (Lipinski definition) is 6. The van der Waals surface area contributed by atoms with E-state index < -0.39 is 12.0 Å². The summed E-state index contributed by atoms with van der Waals surface area (Å²) in [5.41, 5.74) is 0.715. The molecular weight excluding hydrogens is 370 g/mol. The maximum absolute atomic E-state index is 12.3. The monoisotopic (exact) mass is 393 g/mol. The number of carbonyl (C=O) groups excluding carboxylic acids is 1. The molecule has 2 unspecified atom stereocenters. The molecule has 2 aromatic heterocycles. The van der Waals surface area contributed by atoms with Crippen molar-refractivity contribution in [3.05, 3.63) is 26.6 Å². The second kappa shape index (κ2) is 8.18. The number of aliphatic carboxylic acids is 1. The van der Waals surface area contributed by atoms with Gasteiger partial charge in [-0.3, -0.25) is 9.59 Å². The van der Waals surface area contributed by atoms with Crippen LogP contribution in [0.25, 0.3) is 10.2 Å². The molecule has 3 heterocycles. The van der Waals surface area contributed by atoms with Crippen LogP contribution in [0.1, 0.15) is 35.5 Å². The zero-order valence-corrected chi connectivity index (χ0v) is 16.1. The Morgan fingerprint density at radius 2 is 2.22 bits per heavy atom. The lowest BCUT2D eigenvalue weighted by Crippen LogP contribution is -2.48. The molecule has 9 heteroatoms. The van der Waals surface area contributed by atoms with Crippen LogP contribution in [0.5, 0.6) is 0 Å². The Bertz CT molecular complexity index is 914. The molecule has 1 amide bonds. The summed E-state index contributed by atoms with van der Waals surface area (Å²) >= 11 is 1.45. The Hall–Kier alpha value is -2.26. The van der Waals surface area contributed by atoms with E-state index in [9.17, 15) is 19.5 Å². The van der Waals surface area contributed by atoms with Crippen LogP contribution < -0.4 is 10.9 Å². The second-order valence-electron chi connectivity index (χ2n) is 6.84. The lowest BCUT2D eigenvalue weighted by Gasteiger charge is -2.28. The number of nitrogens with one attached hydrogen (secondary N) is 2. The molecule has 1 saturated heterocycles. The highest BCUT2D eigenvalue weighted by atomic mass is 32.1. The molecular formula is C18H23N3O5S. The molecule has 0 bridgehead atoms. The van der Waals surface area contributed by atoms with Crippen molar-refractivity contribution in [3.63, 3.8) is 0 Å². The van der Waals surface area contributed by atoms with Gasteiger partial charge < -0.3 is 20.1 Å². The normalized spacial score (nSPS) is 18.4. The number of fused-ring (bicyclic) bond motifs is 1. The molecule has 0 saturated carbocycles. The Balaban J connectivity index is 1.65. The average molecular weight is 393 g/mol. The van der Waals surface area contributed by atoms with Crippen molar-refractivity contribution >= 4 is 33.4 Å². The maximum atomic E-state index is 12.3. The summed E-state index contributed by atoms with van der Waals surface area (Å²) in [6.45, 7) is 4.79. The van der Waals surface area contributed by atoms with E-state index >= 15 is 0 Å². The topological polar surface area (TPSA) is 121 Å². The van der Waals surface area contributed by atoms with Crippen LogP contribution in [0.2, 0.25) is 0 Å². The quantitative estimate of drug-likeness (QED) is 0.684. The van der Waals surface area contributed by atoms with Gasteiger partial charge >= 0.3 is 5.97 Å². The molecule has 0 radical (unpaired) electrons. The molecule has 0 spiro atoms. The Morgan fingerprint density at radius 3 is 2.89 bits per heavy atom. The number of carboxylic acid groups (broad SMARTS) is 1. The molecule has 0 aliphatic carbocycles. The fourth-order valence-corrected chi connectivity index (χ4v) is 4.35. The zero-order valence-electron chi connectivity index (χ0n) is 15.3. The van der Waals surface area contributed by atoms with Gasteiger partial charge in [0.05, 0.1) is 12.0 Å². The zero-order chi connectivity index (χ0) is 19.6. The number of carbonyl (C=O) groups is 2. The number of thiophene rings is 1. The van der Waals surface area contributed by atoms with Gasteiger partial charge in [-0.15, -0.1) is 11.3 Å². The number of ether oxygens (including phenoxy) is 1. The summed E-state index contributed by atoms with van der Waals surface area (Å²) in [4.78, 5) is 44.9. The first-order chi connectivity index (χ1) is 12.9. The van der Waals surface area contributed by atoms with Gasteiger partial charge in [0.25, 0.3) is 5.56 Å². The summed E-state index contributed by atoms with van der Waals surface area (Å²) in [5, 5.41) is 12.6. The van der Waals surface area contributed by atoms with Crippen molar-refractivity contribution in [3.8, 4) is 0 Å². The third-order valence-corrected chi connectivity index (χ3v) is 6.03. The minimum absolute atomic E-state index is 0.0507. The van der Waals surface area contributed by atoms with E-state index in [4.69, 9.17) is 4.74 Å². The minimum atomic E-state index is -1.06. The number of hydrogen-bond donors (Lipinski definition) is 3. The molecule has 3 N–H and O–H groups in total. The molecule has 0 aromatic carbocycles. The van der Waals surface area contributed by atoms with Crippen LogP contribution in [0.4, 0.5) is 0 Å². The number of aromatic nitrogens is 2. The molecule has 8 nitrogen and oxygen atoms in total. The number of aryl methyl sites for hydroxylation is 3. The van der Waals surface area contributed by atoms with E-state index in [1.165, 1.54) is 11.3 Å². The van der Waals surface area contributed by atoms with Gasteiger partial charge in [-0.1, -0.05) is 0 Å². The van der Waals surface area contributed by atoms with Gasteiger partial charge in [0.1, 0.15) is 16.7 Å². The minimum Gasteiger partial charge on any atom is -0.480 e. The summed E-state index contributed by atoms with van der Waals surface area (Å²) in [5.74, 6) is -1.24. The van der Waals surface area contributed by atoms with E-state index in [2.05, 4.69) is 15.3 Å². The smallest absolute Gasteiger partial charge is 0.326 e. The van der Waals surface area contributed by atoms with Gasteiger partial charge in [0, 0.05) is 30.2 Å². The van der Waals surface area contributed by atoms with Crippen molar-refractivity contribution in [1.82, 2.24) is 15.3 Å². The van der Waals surface area contributed by atoms with Crippen LogP contribution in [0.3, 0.4) is 0 Å². The second-order valence-corrected chi connectivity index (χ2v) is 8.04. The van der Waals surface area contributed by atoms with E-state index in [1.54, 1.807) is 0 Å². The van der Waals surface area contributed by atoms with Crippen molar-refractivity contribution in [1.29, 1.82) is 0 Å². The molecule has 146 valence electrons. The first-order valence-electron chi connectivity index (χ1n) is 8.95. The van der Waals surface area contributed by atoms with Crippen LogP contribution >= 0.6 is 11.3 Å². The molecule has 3 rings (SSSR count). The van der Waals surface area contributed by atoms with Gasteiger partial charge in [-0.05, 0) is 32.3 Å². The van der Waals surface area contributed by atoms with Crippen molar-refractivity contribution < 1.29 is 19.4 Å². The first kappa shape index (κ1) is 19.5. The van der Waals surface area contributed by atoms with Gasteiger partial charge in [0.2, 0.25) is 5.91 Å². The SMILES string of the molecule is Cc1sc2nc(CCC(=O)NC(C(=O)O)C3CCCOC3)[nH]c(=O)c2c1C. The molecule has 2 atom stereocenters. The predicted molar refractivity (Wildman–Crippen MR) is 101 cm³/mol. The van der Waals surface area contributed by atoms with Crippen molar-refractivity contribution in [2.24, 2.45) is 5.92 Å². The van der Waals surface area contributed by atoms with Gasteiger partial charge in [-0.2, -0.15) is 0 Å². The summed E-state index contributed by atoms with van der Waals surface area (Å²) in [6, 6.07) is -0.963. The third-order valence-electron chi connectivity index (χ3n) is 4.93. The highest BCUT2D eigenvalue weighted by molar-refractivity contribution is 7.18. The van der Waals surface area contributed by atoms with Crippen molar-refractivity contribution in [2.45, 2.75) is 45.6 Å². The molecule has 1 aliphatic heterocycles. The molecule has 1 fully saturated rings. The van der Waals surface area contributed by atoms with Crippen molar-refractivity contribution in [2.75, 3.05) is 13.2 Å². The molecule has 1 aliphatic rings. The number of amides is 1. The van der Waals surface area contributed by atoms with E-state index in [0.717, 1.165) is 16.9 Å². The van der Waals surface area contributed by atoms with E-state index in [1.807, 2.05) is 13.8 Å². The average Bonchev–Trinajstić information content (AvgIpc) is 2.92. The Labute approximate surface area is 160 Å². The lowest BCUT2D eigenvalue weighted by molar-refractivity contribution is -0.145. The maximum Gasteiger partial charge on any atom is 0.326 e. The largest absolute Gasteiger partial charge is 0.480 e. The molecule has 27 heavy (non-hydrogen) atoms. The van der Waals surface area contributed by atoms with Crippen LogP contribution in [0.15, 0.2) is 4.79 Å². The summed E-state index contributed by atoms with van der Waals surface area (Å²) < 4.78 is 5.33. The fourth-order valence-electron chi connectivity index (χ4n) is 3.30. The highest BCUT2D eigenvalue weighted by Crippen LogP contribution is 2.25. The number of rotatable bonds is 6. The standard InChI is InChI=1S/C18H23N3O5S/c1-9-10(2)27-17-14(9)16(23)19-12(20-17)5-6-13(22)21-15(18(24)25)11-4-3-7-26-8-11/h11,15H,3-8H2,1-2H3,(H,21,22)(H,24,25)(H,19,20,23). The van der Waals surface area contributed by atoms with Crippen LogP contribution in [-0.4, -0.2) is 46.2 Å². The number of nitrogens with zero attached hydrogens (tertiary/aromatic N) is 1. The number of H-pyrrole nitrogens is 1. The van der Waals surface area contributed by atoms with Gasteiger partial charge in [-0.25, -0.2) is 9.78 Å². The predicted octanol–water partition coefficient (Wildman–Crippen LogP) is 1.53.